The standard InChI is InChI=1S/C13H12O4S/c14-13(15)7-8-18(16,17)12-6-5-10-3-1-2-4-11(10)9-12/h1-6,9H,7-8H2,(H,14,15). The third-order valence-electron chi connectivity index (χ3n) is 2.66. The van der Waals surface area contributed by atoms with Crippen molar-refractivity contribution < 1.29 is 18.3 Å². The van der Waals surface area contributed by atoms with Crippen LogP contribution in [0.2, 0.25) is 0 Å². The fourth-order valence-corrected chi connectivity index (χ4v) is 2.96. The molecule has 0 aliphatic rings. The van der Waals surface area contributed by atoms with Crippen LogP contribution in [0.1, 0.15) is 6.42 Å². The molecule has 0 radical (unpaired) electrons. The van der Waals surface area contributed by atoms with E-state index in [-0.39, 0.29) is 17.1 Å². The van der Waals surface area contributed by atoms with Crippen molar-refractivity contribution in [1.82, 2.24) is 0 Å². The molecule has 0 bridgehead atoms. The molecule has 2 aromatic carbocycles. The Labute approximate surface area is 105 Å². The number of hydrogen-bond acceptors (Lipinski definition) is 3. The average molecular weight is 264 g/mol. The third kappa shape index (κ3) is 2.68. The quantitative estimate of drug-likeness (QED) is 0.917. The van der Waals surface area contributed by atoms with E-state index >= 15 is 0 Å². The van der Waals surface area contributed by atoms with E-state index in [1.54, 1.807) is 12.1 Å². The van der Waals surface area contributed by atoms with Gasteiger partial charge in [-0.2, -0.15) is 0 Å². The van der Waals surface area contributed by atoms with E-state index in [0.717, 1.165) is 10.8 Å². The Morgan fingerprint density at radius 1 is 1.06 bits per heavy atom. The molecule has 0 spiro atoms. The van der Waals surface area contributed by atoms with Gasteiger partial charge in [-0.1, -0.05) is 30.3 Å². The molecule has 5 heteroatoms. The van der Waals surface area contributed by atoms with E-state index in [1.165, 1.54) is 6.07 Å². The summed E-state index contributed by atoms with van der Waals surface area (Å²) in [7, 11) is -3.53. The van der Waals surface area contributed by atoms with Crippen molar-refractivity contribution in [3.63, 3.8) is 0 Å². The van der Waals surface area contributed by atoms with Gasteiger partial charge in [0.25, 0.3) is 0 Å². The number of carboxylic acid groups (broad SMARTS) is 1. The summed E-state index contributed by atoms with van der Waals surface area (Å²) in [5.41, 5.74) is 0. The van der Waals surface area contributed by atoms with Crippen LogP contribution in [-0.4, -0.2) is 25.2 Å². The van der Waals surface area contributed by atoms with Crippen molar-refractivity contribution in [3.8, 4) is 0 Å². The van der Waals surface area contributed by atoms with Gasteiger partial charge in [-0.05, 0) is 22.9 Å². The second-order valence-corrected chi connectivity index (χ2v) is 6.08. The van der Waals surface area contributed by atoms with Crippen LogP contribution in [0.15, 0.2) is 47.4 Å². The molecule has 4 nitrogen and oxygen atoms in total. The highest BCUT2D eigenvalue weighted by Gasteiger charge is 2.16. The first kappa shape index (κ1) is 12.6. The summed E-state index contributed by atoms with van der Waals surface area (Å²) in [5, 5.41) is 10.3. The maximum Gasteiger partial charge on any atom is 0.304 e. The molecule has 0 saturated heterocycles. The van der Waals surface area contributed by atoms with Gasteiger partial charge in [-0.25, -0.2) is 8.42 Å². The molecule has 0 aromatic heterocycles. The molecular weight excluding hydrogens is 252 g/mol. The van der Waals surface area contributed by atoms with Crippen molar-refractivity contribution >= 4 is 26.6 Å². The van der Waals surface area contributed by atoms with Crippen molar-refractivity contribution in [2.24, 2.45) is 0 Å². The fraction of sp³-hybridized carbons (Fsp3) is 0.154. The minimum Gasteiger partial charge on any atom is -0.481 e. The lowest BCUT2D eigenvalue weighted by Gasteiger charge is -2.04. The lowest BCUT2D eigenvalue weighted by molar-refractivity contribution is -0.136. The Morgan fingerprint density at radius 2 is 1.72 bits per heavy atom. The summed E-state index contributed by atoms with van der Waals surface area (Å²) in [6, 6.07) is 12.2. The monoisotopic (exact) mass is 264 g/mol. The maximum atomic E-state index is 11.9. The van der Waals surface area contributed by atoms with E-state index in [0.29, 0.717) is 0 Å². The normalized spacial score (nSPS) is 11.6. The second kappa shape index (κ2) is 4.78. The van der Waals surface area contributed by atoms with Crippen LogP contribution in [0.5, 0.6) is 0 Å². The van der Waals surface area contributed by atoms with Crippen LogP contribution < -0.4 is 0 Å². The van der Waals surface area contributed by atoms with Gasteiger partial charge in [0.1, 0.15) is 0 Å². The van der Waals surface area contributed by atoms with E-state index in [2.05, 4.69) is 0 Å². The molecule has 2 aromatic rings. The van der Waals surface area contributed by atoms with Crippen LogP contribution in [0.3, 0.4) is 0 Å². The van der Waals surface area contributed by atoms with Crippen LogP contribution in [0, 0.1) is 0 Å². The largest absolute Gasteiger partial charge is 0.481 e. The minimum atomic E-state index is -3.53. The Bertz CT molecular complexity index is 689. The Morgan fingerprint density at radius 3 is 2.39 bits per heavy atom. The van der Waals surface area contributed by atoms with Gasteiger partial charge in [0, 0.05) is 0 Å². The summed E-state index contributed by atoms with van der Waals surface area (Å²) in [5.74, 6) is -1.49. The summed E-state index contributed by atoms with van der Waals surface area (Å²) in [6.07, 6.45) is -0.380. The van der Waals surface area contributed by atoms with E-state index in [9.17, 15) is 13.2 Å². The molecule has 0 fully saturated rings. The number of carbonyl (C=O) groups is 1. The molecule has 0 aliphatic carbocycles. The zero-order valence-electron chi connectivity index (χ0n) is 9.54. The molecule has 1 N–H and O–H groups in total. The Kier molecular flexibility index (Phi) is 3.34. The first-order valence-corrected chi connectivity index (χ1v) is 7.08. The number of aliphatic carboxylic acids is 1. The maximum absolute atomic E-state index is 11.9. The molecule has 18 heavy (non-hydrogen) atoms. The summed E-state index contributed by atoms with van der Waals surface area (Å²) < 4.78 is 23.8. The van der Waals surface area contributed by atoms with Crippen LogP contribution in [0.4, 0.5) is 0 Å². The van der Waals surface area contributed by atoms with Gasteiger partial charge >= 0.3 is 5.97 Å². The lowest BCUT2D eigenvalue weighted by atomic mass is 10.1. The molecule has 94 valence electrons. The van der Waals surface area contributed by atoms with Gasteiger partial charge < -0.3 is 5.11 Å². The van der Waals surface area contributed by atoms with Crippen molar-refractivity contribution in [2.75, 3.05) is 5.75 Å². The second-order valence-electron chi connectivity index (χ2n) is 3.97. The molecule has 0 amide bonds. The number of benzene rings is 2. The average Bonchev–Trinajstić information content (AvgIpc) is 2.36. The number of sulfone groups is 1. The molecule has 0 heterocycles. The Hall–Kier alpha value is -1.88. The van der Waals surface area contributed by atoms with Crippen molar-refractivity contribution in [2.45, 2.75) is 11.3 Å². The number of carboxylic acids is 1. The zero-order chi connectivity index (χ0) is 13.2. The van der Waals surface area contributed by atoms with E-state index in [4.69, 9.17) is 5.11 Å². The minimum absolute atomic E-state index is 0.169. The summed E-state index contributed by atoms with van der Waals surface area (Å²) in [6.45, 7) is 0. The van der Waals surface area contributed by atoms with Crippen molar-refractivity contribution in [1.29, 1.82) is 0 Å². The molecule has 0 saturated carbocycles. The van der Waals surface area contributed by atoms with Gasteiger partial charge in [-0.3, -0.25) is 4.79 Å². The van der Waals surface area contributed by atoms with Crippen molar-refractivity contribution in [3.05, 3.63) is 42.5 Å². The van der Waals surface area contributed by atoms with E-state index < -0.39 is 15.8 Å². The predicted molar refractivity (Wildman–Crippen MR) is 68.3 cm³/mol. The highest BCUT2D eigenvalue weighted by molar-refractivity contribution is 7.91. The number of hydrogen-bond donors (Lipinski definition) is 1. The smallest absolute Gasteiger partial charge is 0.304 e. The molecule has 0 unspecified atom stereocenters. The third-order valence-corrected chi connectivity index (χ3v) is 4.38. The van der Waals surface area contributed by atoms with E-state index in [1.807, 2.05) is 24.3 Å². The van der Waals surface area contributed by atoms with Crippen LogP contribution in [-0.2, 0) is 14.6 Å². The molecule has 0 atom stereocenters. The molecule has 0 aliphatic heterocycles. The van der Waals surface area contributed by atoms with Crippen LogP contribution in [0.25, 0.3) is 10.8 Å². The lowest BCUT2D eigenvalue weighted by Crippen LogP contribution is -2.10. The predicted octanol–water partition coefficient (Wildman–Crippen LogP) is 2.09. The highest BCUT2D eigenvalue weighted by atomic mass is 32.2. The van der Waals surface area contributed by atoms with Gasteiger partial charge in [-0.15, -0.1) is 0 Å². The SMILES string of the molecule is O=C(O)CCS(=O)(=O)c1ccc2ccccc2c1. The molecule has 2 rings (SSSR count). The van der Waals surface area contributed by atoms with Gasteiger partial charge in [0.05, 0.1) is 17.1 Å². The first-order valence-electron chi connectivity index (χ1n) is 5.42. The van der Waals surface area contributed by atoms with Gasteiger partial charge in [0.2, 0.25) is 0 Å². The first-order chi connectivity index (χ1) is 8.49. The van der Waals surface area contributed by atoms with Crippen LogP contribution >= 0.6 is 0 Å². The molecular formula is C13H12O4S. The highest BCUT2D eigenvalue weighted by Crippen LogP contribution is 2.20. The number of rotatable bonds is 4. The number of fused-ring (bicyclic) bond motifs is 1. The van der Waals surface area contributed by atoms with Gasteiger partial charge in [0.15, 0.2) is 9.84 Å². The summed E-state index contributed by atoms with van der Waals surface area (Å²) in [4.78, 5) is 10.6. The zero-order valence-corrected chi connectivity index (χ0v) is 10.4. The summed E-state index contributed by atoms with van der Waals surface area (Å²) >= 11 is 0. The topological polar surface area (TPSA) is 71.4 Å². The Balaban J connectivity index is 2.38. The fourth-order valence-electron chi connectivity index (χ4n) is 1.70.